The summed E-state index contributed by atoms with van der Waals surface area (Å²) in [7, 11) is 2.88. The van der Waals surface area contributed by atoms with Gasteiger partial charge in [-0.25, -0.2) is 0 Å². The number of methoxy groups -OCH3 is 2. The van der Waals surface area contributed by atoms with E-state index in [4.69, 9.17) is 19.5 Å². The first-order chi connectivity index (χ1) is 12.1. The number of nitro benzene ring substituents is 1. The summed E-state index contributed by atoms with van der Waals surface area (Å²) in [6.07, 6.45) is -0.158. The fourth-order valence-electron chi connectivity index (χ4n) is 2.50. The minimum Gasteiger partial charge on any atom is -0.492 e. The Labute approximate surface area is 145 Å². The molecule has 7 heteroatoms. The highest BCUT2D eigenvalue weighted by molar-refractivity contribution is 5.62. The van der Waals surface area contributed by atoms with Gasteiger partial charge >= 0.3 is 0 Å². The first-order valence-corrected chi connectivity index (χ1v) is 7.52. The van der Waals surface area contributed by atoms with Crippen molar-refractivity contribution in [3.8, 4) is 17.6 Å². The van der Waals surface area contributed by atoms with Crippen LogP contribution in [-0.2, 0) is 24.4 Å². The van der Waals surface area contributed by atoms with Crippen molar-refractivity contribution in [3.63, 3.8) is 0 Å². The van der Waals surface area contributed by atoms with Crippen LogP contribution in [0.15, 0.2) is 36.4 Å². The first kappa shape index (κ1) is 18.2. The van der Waals surface area contributed by atoms with Crippen LogP contribution in [0.5, 0.6) is 11.5 Å². The molecule has 25 heavy (non-hydrogen) atoms. The molecule has 0 atom stereocenters. The van der Waals surface area contributed by atoms with Crippen molar-refractivity contribution in [3.05, 3.63) is 63.2 Å². The second-order valence-corrected chi connectivity index (χ2v) is 5.20. The van der Waals surface area contributed by atoms with Crippen molar-refractivity contribution < 1.29 is 19.1 Å². The van der Waals surface area contributed by atoms with Crippen LogP contribution in [0.1, 0.15) is 16.7 Å². The number of nitriles is 1. The van der Waals surface area contributed by atoms with E-state index in [2.05, 4.69) is 0 Å². The third kappa shape index (κ3) is 4.25. The molecule has 0 saturated heterocycles. The van der Waals surface area contributed by atoms with E-state index in [9.17, 15) is 10.1 Å². The molecule has 130 valence electrons. The molecule has 2 aromatic carbocycles. The number of benzene rings is 2. The molecule has 2 aromatic rings. The van der Waals surface area contributed by atoms with Gasteiger partial charge in [-0.15, -0.1) is 0 Å². The minimum absolute atomic E-state index is 0.119. The molecule has 7 nitrogen and oxygen atoms in total. The predicted octanol–water partition coefficient (Wildman–Crippen LogP) is 3.39. The zero-order valence-electron chi connectivity index (χ0n) is 14.0. The number of nitrogens with zero attached hydrogens (tertiary/aromatic N) is 2. The summed E-state index contributed by atoms with van der Waals surface area (Å²) < 4.78 is 16.4. The zero-order valence-corrected chi connectivity index (χ0v) is 14.0. The Morgan fingerprint density at radius 3 is 2.44 bits per heavy atom. The van der Waals surface area contributed by atoms with Crippen LogP contribution in [0, 0.1) is 21.4 Å². The normalized spacial score (nSPS) is 10.1. The van der Waals surface area contributed by atoms with Crippen molar-refractivity contribution in [2.45, 2.75) is 19.6 Å². The lowest BCUT2D eigenvalue weighted by molar-refractivity contribution is -0.385. The van der Waals surface area contributed by atoms with Gasteiger partial charge in [0, 0.05) is 18.7 Å². The third-order valence-corrected chi connectivity index (χ3v) is 3.57. The van der Waals surface area contributed by atoms with Crippen molar-refractivity contribution in [2.75, 3.05) is 14.2 Å². The quantitative estimate of drug-likeness (QED) is 0.539. The number of hydrogen-bond acceptors (Lipinski definition) is 6. The first-order valence-electron chi connectivity index (χ1n) is 7.52. The summed E-state index contributed by atoms with van der Waals surface area (Å²) in [5.41, 5.74) is 1.44. The van der Waals surface area contributed by atoms with E-state index in [1.807, 2.05) is 36.4 Å². The standard InChI is InChI=1S/C18H18N2O5/c1-23-12-14-10-16(20(21)22)15(8-9-19)18(24-2)17(14)25-11-13-6-4-3-5-7-13/h3-7,10H,8,11-12H2,1-2H3. The molecule has 0 aliphatic heterocycles. The Kier molecular flexibility index (Phi) is 6.32. The van der Waals surface area contributed by atoms with Crippen LogP contribution in [0.4, 0.5) is 5.69 Å². The SMILES string of the molecule is COCc1cc([N+](=O)[O-])c(CC#N)c(OC)c1OCc1ccccc1. The maximum Gasteiger partial charge on any atom is 0.278 e. The van der Waals surface area contributed by atoms with Crippen molar-refractivity contribution >= 4 is 5.69 Å². The van der Waals surface area contributed by atoms with Gasteiger partial charge in [-0.2, -0.15) is 5.26 Å². The molecule has 0 aliphatic rings. The summed E-state index contributed by atoms with van der Waals surface area (Å²) >= 11 is 0. The lowest BCUT2D eigenvalue weighted by Gasteiger charge is -2.17. The largest absolute Gasteiger partial charge is 0.492 e. The van der Waals surface area contributed by atoms with Gasteiger partial charge in [0.2, 0.25) is 0 Å². The van der Waals surface area contributed by atoms with Gasteiger partial charge in [0.05, 0.1) is 36.7 Å². The van der Waals surface area contributed by atoms with E-state index in [0.29, 0.717) is 11.3 Å². The second kappa shape index (κ2) is 8.66. The smallest absolute Gasteiger partial charge is 0.278 e. The van der Waals surface area contributed by atoms with Gasteiger partial charge in [-0.05, 0) is 5.56 Å². The lowest BCUT2D eigenvalue weighted by atomic mass is 10.0. The van der Waals surface area contributed by atoms with Gasteiger partial charge < -0.3 is 14.2 Å². The van der Waals surface area contributed by atoms with E-state index >= 15 is 0 Å². The van der Waals surface area contributed by atoms with E-state index in [1.54, 1.807) is 0 Å². The monoisotopic (exact) mass is 342 g/mol. The number of nitro groups is 1. The van der Waals surface area contributed by atoms with Crippen LogP contribution >= 0.6 is 0 Å². The summed E-state index contributed by atoms with van der Waals surface area (Å²) in [5, 5.41) is 20.4. The van der Waals surface area contributed by atoms with Gasteiger partial charge in [0.25, 0.3) is 5.69 Å². The molecule has 0 amide bonds. The van der Waals surface area contributed by atoms with E-state index in [-0.39, 0.29) is 36.6 Å². The Morgan fingerprint density at radius 1 is 1.16 bits per heavy atom. The van der Waals surface area contributed by atoms with Crippen molar-refractivity contribution in [1.29, 1.82) is 5.26 Å². The van der Waals surface area contributed by atoms with Gasteiger partial charge in [-0.3, -0.25) is 10.1 Å². The van der Waals surface area contributed by atoms with Crippen LogP contribution in [0.3, 0.4) is 0 Å². The predicted molar refractivity (Wildman–Crippen MR) is 90.5 cm³/mol. The molecule has 0 spiro atoms. The molecule has 0 fully saturated rings. The van der Waals surface area contributed by atoms with Crippen molar-refractivity contribution in [2.24, 2.45) is 0 Å². The van der Waals surface area contributed by atoms with Crippen LogP contribution in [0.25, 0.3) is 0 Å². The molecular weight excluding hydrogens is 324 g/mol. The second-order valence-electron chi connectivity index (χ2n) is 5.20. The fourth-order valence-corrected chi connectivity index (χ4v) is 2.50. The third-order valence-electron chi connectivity index (χ3n) is 3.57. The average molecular weight is 342 g/mol. The van der Waals surface area contributed by atoms with Crippen LogP contribution < -0.4 is 9.47 Å². The van der Waals surface area contributed by atoms with Crippen LogP contribution in [0.2, 0.25) is 0 Å². The fraction of sp³-hybridized carbons (Fsp3) is 0.278. The van der Waals surface area contributed by atoms with Crippen LogP contribution in [-0.4, -0.2) is 19.1 Å². The van der Waals surface area contributed by atoms with E-state index < -0.39 is 4.92 Å². The molecule has 0 saturated carbocycles. The molecule has 0 aliphatic carbocycles. The maximum absolute atomic E-state index is 11.4. The number of hydrogen-bond donors (Lipinski definition) is 0. The molecule has 0 N–H and O–H groups in total. The van der Waals surface area contributed by atoms with E-state index in [0.717, 1.165) is 5.56 Å². The number of ether oxygens (including phenoxy) is 3. The summed E-state index contributed by atoms with van der Waals surface area (Å²) in [4.78, 5) is 10.8. The Bertz CT molecular complexity index is 784. The maximum atomic E-state index is 11.4. The van der Waals surface area contributed by atoms with Gasteiger partial charge in [0.15, 0.2) is 11.5 Å². The van der Waals surface area contributed by atoms with Gasteiger partial charge in [-0.1, -0.05) is 30.3 Å². The number of rotatable bonds is 8. The summed E-state index contributed by atoms with van der Waals surface area (Å²) in [6, 6.07) is 12.8. The molecule has 0 bridgehead atoms. The Morgan fingerprint density at radius 2 is 1.88 bits per heavy atom. The highest BCUT2D eigenvalue weighted by atomic mass is 16.6. The molecule has 0 unspecified atom stereocenters. The van der Waals surface area contributed by atoms with Gasteiger partial charge in [0.1, 0.15) is 6.61 Å². The highest BCUT2D eigenvalue weighted by Crippen LogP contribution is 2.41. The molecule has 0 radical (unpaired) electrons. The Hall–Kier alpha value is -3.11. The topological polar surface area (TPSA) is 94.6 Å². The molecule has 0 heterocycles. The lowest BCUT2D eigenvalue weighted by Crippen LogP contribution is -2.07. The molecular formula is C18H18N2O5. The Balaban J connectivity index is 2.52. The minimum atomic E-state index is -0.532. The highest BCUT2D eigenvalue weighted by Gasteiger charge is 2.26. The molecule has 2 rings (SSSR count). The van der Waals surface area contributed by atoms with Crippen molar-refractivity contribution in [1.82, 2.24) is 0 Å². The summed E-state index contributed by atoms with van der Waals surface area (Å²) in [6.45, 7) is 0.381. The zero-order chi connectivity index (χ0) is 18.2. The average Bonchev–Trinajstić information content (AvgIpc) is 2.62. The van der Waals surface area contributed by atoms with E-state index in [1.165, 1.54) is 20.3 Å². The molecule has 0 aromatic heterocycles. The summed E-state index contributed by atoms with van der Waals surface area (Å²) in [5.74, 6) is 0.544.